The number of nitrogens with zero attached hydrogens (tertiary/aromatic N) is 2. The molecule has 0 aliphatic rings. The van der Waals surface area contributed by atoms with Crippen molar-refractivity contribution >= 4 is 29.1 Å². The fourth-order valence-electron chi connectivity index (χ4n) is 2.44. The molecule has 1 atom stereocenters. The number of nitrogens with one attached hydrogen (secondary N) is 1. The molecule has 1 heterocycles. The second-order valence-electron chi connectivity index (χ2n) is 6.15. The van der Waals surface area contributed by atoms with Gasteiger partial charge in [0.1, 0.15) is 6.04 Å². The lowest BCUT2D eigenvalue weighted by Crippen LogP contribution is -2.32. The zero-order chi connectivity index (χ0) is 18.7. The van der Waals surface area contributed by atoms with Gasteiger partial charge >= 0.3 is 0 Å². The van der Waals surface area contributed by atoms with Crippen molar-refractivity contribution in [2.24, 2.45) is 5.92 Å². The third-order valence-corrected chi connectivity index (χ3v) is 4.61. The first-order valence-electron chi connectivity index (χ1n) is 8.10. The van der Waals surface area contributed by atoms with Gasteiger partial charge in [0, 0.05) is 11.1 Å². The Morgan fingerprint density at radius 3 is 2.46 bits per heavy atom. The van der Waals surface area contributed by atoms with E-state index < -0.39 is 6.04 Å². The molecule has 3 aromatic rings. The molecule has 1 aromatic heterocycles. The van der Waals surface area contributed by atoms with Gasteiger partial charge in [0.05, 0.1) is 10.0 Å². The predicted octanol–water partition coefficient (Wildman–Crippen LogP) is 5.17. The van der Waals surface area contributed by atoms with Gasteiger partial charge in [-0.15, -0.1) is 0 Å². The molecule has 0 fully saturated rings. The first-order valence-corrected chi connectivity index (χ1v) is 8.86. The number of hydrogen-bond donors (Lipinski definition) is 1. The lowest BCUT2D eigenvalue weighted by atomic mass is 10.0. The van der Waals surface area contributed by atoms with E-state index >= 15 is 0 Å². The highest BCUT2D eigenvalue weighted by Crippen LogP contribution is 2.26. The Balaban J connectivity index is 1.82. The topological polar surface area (TPSA) is 68.0 Å². The van der Waals surface area contributed by atoms with Gasteiger partial charge in [-0.05, 0) is 24.1 Å². The van der Waals surface area contributed by atoms with Crippen molar-refractivity contribution in [1.82, 2.24) is 15.5 Å². The molecular formula is C19H17Cl2N3O2. The van der Waals surface area contributed by atoms with Gasteiger partial charge < -0.3 is 9.84 Å². The highest BCUT2D eigenvalue weighted by Gasteiger charge is 2.25. The van der Waals surface area contributed by atoms with Gasteiger partial charge in [-0.2, -0.15) is 4.98 Å². The van der Waals surface area contributed by atoms with E-state index in [0.717, 1.165) is 5.56 Å². The van der Waals surface area contributed by atoms with E-state index in [9.17, 15) is 4.79 Å². The minimum Gasteiger partial charge on any atom is -0.340 e. The average molecular weight is 390 g/mol. The Bertz CT molecular complexity index is 910. The van der Waals surface area contributed by atoms with Gasteiger partial charge in [0.2, 0.25) is 11.7 Å². The molecule has 1 amide bonds. The van der Waals surface area contributed by atoms with Crippen LogP contribution in [0.5, 0.6) is 0 Å². The summed E-state index contributed by atoms with van der Waals surface area (Å²) in [6.45, 7) is 3.93. The SMILES string of the molecule is CC(C)[C@@H](NC(=O)c1ccc(Cl)c(Cl)c1)c1nc(-c2ccccc2)no1. The van der Waals surface area contributed by atoms with Crippen LogP contribution in [0.1, 0.15) is 36.1 Å². The molecule has 0 spiro atoms. The lowest BCUT2D eigenvalue weighted by Gasteiger charge is -2.18. The number of carbonyl (C=O) groups is 1. The Morgan fingerprint density at radius 1 is 1.08 bits per heavy atom. The first-order chi connectivity index (χ1) is 12.5. The van der Waals surface area contributed by atoms with Crippen LogP contribution in [0.2, 0.25) is 10.0 Å². The maximum Gasteiger partial charge on any atom is 0.251 e. The summed E-state index contributed by atoms with van der Waals surface area (Å²) >= 11 is 11.9. The van der Waals surface area contributed by atoms with Gasteiger partial charge in [-0.1, -0.05) is 72.5 Å². The zero-order valence-corrected chi connectivity index (χ0v) is 15.8. The quantitative estimate of drug-likeness (QED) is 0.653. The number of halogens is 2. The molecule has 0 aliphatic carbocycles. The maximum atomic E-state index is 12.6. The molecule has 0 aliphatic heterocycles. The Kier molecular flexibility index (Phi) is 5.59. The summed E-state index contributed by atoms with van der Waals surface area (Å²) in [6.07, 6.45) is 0. The van der Waals surface area contributed by atoms with Crippen molar-refractivity contribution < 1.29 is 9.32 Å². The summed E-state index contributed by atoms with van der Waals surface area (Å²) in [7, 11) is 0. The predicted molar refractivity (Wildman–Crippen MR) is 101 cm³/mol. The van der Waals surface area contributed by atoms with E-state index in [2.05, 4.69) is 15.5 Å². The second kappa shape index (κ2) is 7.89. The third kappa shape index (κ3) is 4.06. The molecule has 26 heavy (non-hydrogen) atoms. The first kappa shape index (κ1) is 18.4. The van der Waals surface area contributed by atoms with Crippen LogP contribution >= 0.6 is 23.2 Å². The van der Waals surface area contributed by atoms with Crippen LogP contribution in [0.25, 0.3) is 11.4 Å². The van der Waals surface area contributed by atoms with Crippen molar-refractivity contribution in [3.8, 4) is 11.4 Å². The molecule has 134 valence electrons. The molecular weight excluding hydrogens is 373 g/mol. The van der Waals surface area contributed by atoms with E-state index in [-0.39, 0.29) is 11.8 Å². The van der Waals surface area contributed by atoms with Crippen LogP contribution in [-0.2, 0) is 0 Å². The van der Waals surface area contributed by atoms with Gasteiger partial charge in [-0.25, -0.2) is 0 Å². The van der Waals surface area contributed by atoms with Crippen molar-refractivity contribution in [1.29, 1.82) is 0 Å². The minimum absolute atomic E-state index is 0.0470. The van der Waals surface area contributed by atoms with Crippen molar-refractivity contribution in [2.75, 3.05) is 0 Å². The third-order valence-electron chi connectivity index (χ3n) is 3.87. The van der Waals surface area contributed by atoms with Gasteiger partial charge in [0.25, 0.3) is 5.91 Å². The molecule has 0 bridgehead atoms. The Labute approximate surface area is 161 Å². The van der Waals surface area contributed by atoms with Crippen LogP contribution < -0.4 is 5.32 Å². The lowest BCUT2D eigenvalue weighted by molar-refractivity contribution is 0.0914. The summed E-state index contributed by atoms with van der Waals surface area (Å²) in [5.41, 5.74) is 1.26. The summed E-state index contributed by atoms with van der Waals surface area (Å²) < 4.78 is 5.40. The molecule has 7 heteroatoms. The number of carbonyl (C=O) groups excluding carboxylic acids is 1. The maximum absolute atomic E-state index is 12.6. The molecule has 5 nitrogen and oxygen atoms in total. The van der Waals surface area contributed by atoms with E-state index in [1.807, 2.05) is 44.2 Å². The molecule has 0 saturated carbocycles. The van der Waals surface area contributed by atoms with E-state index in [4.69, 9.17) is 27.7 Å². The molecule has 0 unspecified atom stereocenters. The van der Waals surface area contributed by atoms with Crippen LogP contribution in [0.3, 0.4) is 0 Å². The molecule has 2 aromatic carbocycles. The number of rotatable bonds is 5. The Hall–Kier alpha value is -2.37. The molecule has 0 radical (unpaired) electrons. The van der Waals surface area contributed by atoms with Crippen molar-refractivity contribution in [3.63, 3.8) is 0 Å². The normalized spacial score (nSPS) is 12.2. The largest absolute Gasteiger partial charge is 0.340 e. The Morgan fingerprint density at radius 2 is 1.81 bits per heavy atom. The fourth-order valence-corrected chi connectivity index (χ4v) is 2.74. The zero-order valence-electron chi connectivity index (χ0n) is 14.2. The highest BCUT2D eigenvalue weighted by molar-refractivity contribution is 6.42. The van der Waals surface area contributed by atoms with Gasteiger partial charge in [-0.3, -0.25) is 4.79 Å². The number of hydrogen-bond acceptors (Lipinski definition) is 4. The van der Waals surface area contributed by atoms with Gasteiger partial charge in [0.15, 0.2) is 0 Å². The van der Waals surface area contributed by atoms with Crippen molar-refractivity contribution in [3.05, 3.63) is 70.0 Å². The molecule has 3 rings (SSSR count). The minimum atomic E-state index is -0.429. The summed E-state index contributed by atoms with van der Waals surface area (Å²) in [5, 5.41) is 7.66. The fraction of sp³-hybridized carbons (Fsp3) is 0.211. The number of benzene rings is 2. The molecule has 0 saturated heterocycles. The van der Waals surface area contributed by atoms with Crippen LogP contribution in [0.4, 0.5) is 0 Å². The van der Waals surface area contributed by atoms with Crippen molar-refractivity contribution in [2.45, 2.75) is 19.9 Å². The molecule has 1 N–H and O–H groups in total. The highest BCUT2D eigenvalue weighted by atomic mass is 35.5. The second-order valence-corrected chi connectivity index (χ2v) is 6.96. The standard InChI is InChI=1S/C19H17Cl2N3O2/c1-11(2)16(22-18(25)13-8-9-14(20)15(21)10-13)19-23-17(24-26-19)12-6-4-3-5-7-12/h3-11,16H,1-2H3,(H,22,25)/t16-/m1/s1. The number of amides is 1. The smallest absolute Gasteiger partial charge is 0.251 e. The van der Waals surface area contributed by atoms with Crippen LogP contribution in [0.15, 0.2) is 53.1 Å². The van der Waals surface area contributed by atoms with Crippen LogP contribution in [-0.4, -0.2) is 16.0 Å². The average Bonchev–Trinajstić information content (AvgIpc) is 3.12. The summed E-state index contributed by atoms with van der Waals surface area (Å²) in [6, 6.07) is 13.8. The summed E-state index contributed by atoms with van der Waals surface area (Å²) in [5.74, 6) is 0.592. The van der Waals surface area contributed by atoms with E-state index in [0.29, 0.717) is 27.3 Å². The monoisotopic (exact) mass is 389 g/mol. The van der Waals surface area contributed by atoms with Crippen LogP contribution in [0, 0.1) is 5.92 Å². The number of aromatic nitrogens is 2. The van der Waals surface area contributed by atoms with E-state index in [1.165, 1.54) is 6.07 Å². The summed E-state index contributed by atoms with van der Waals surface area (Å²) in [4.78, 5) is 17.0. The van der Waals surface area contributed by atoms with E-state index in [1.54, 1.807) is 12.1 Å².